The van der Waals surface area contributed by atoms with Gasteiger partial charge in [-0.15, -0.1) is 0 Å². The lowest BCUT2D eigenvalue weighted by molar-refractivity contribution is 0.219. The summed E-state index contributed by atoms with van der Waals surface area (Å²) in [4.78, 5) is 0. The van der Waals surface area contributed by atoms with E-state index in [-0.39, 0.29) is 0 Å². The number of rotatable bonds is 1. The summed E-state index contributed by atoms with van der Waals surface area (Å²) in [5.41, 5.74) is 4.44. The van der Waals surface area contributed by atoms with Gasteiger partial charge in [-0.3, -0.25) is 0 Å². The third-order valence-electron chi connectivity index (χ3n) is 3.66. The molecule has 92 valence electrons. The zero-order valence-electron chi connectivity index (χ0n) is 10.4. The smallest absolute Gasteiger partial charge is 0.119 e. The summed E-state index contributed by atoms with van der Waals surface area (Å²) >= 11 is 0. The van der Waals surface area contributed by atoms with E-state index in [0.717, 1.165) is 29.7 Å². The average Bonchev–Trinajstić information content (AvgIpc) is 2.57. The van der Waals surface area contributed by atoms with E-state index in [0.29, 0.717) is 0 Å². The third kappa shape index (κ3) is 1.79. The first-order chi connectivity index (χ1) is 8.79. The quantitative estimate of drug-likeness (QED) is 0.830. The van der Waals surface area contributed by atoms with Crippen molar-refractivity contribution in [1.82, 2.24) is 0 Å². The van der Waals surface area contributed by atoms with Gasteiger partial charge in [0, 0.05) is 0 Å². The van der Waals surface area contributed by atoms with Gasteiger partial charge in [0.2, 0.25) is 0 Å². The van der Waals surface area contributed by atoms with Crippen molar-refractivity contribution in [2.24, 2.45) is 0 Å². The Morgan fingerprint density at radius 1 is 1.00 bits per heavy atom. The van der Waals surface area contributed by atoms with Crippen LogP contribution in [-0.2, 0) is 12.8 Å². The van der Waals surface area contributed by atoms with Gasteiger partial charge in [0.1, 0.15) is 11.9 Å². The molecule has 0 radical (unpaired) electrons. The van der Waals surface area contributed by atoms with Crippen molar-refractivity contribution in [3.05, 3.63) is 64.7 Å². The standard InChI is InChI=1S/C16H16O2/c1-18-13-8-9-15-12(10-13)7-6-11-4-2-3-5-14(11)16(15)17/h2-5,8-10,16-17H,6-7H2,1H3/t16-/m1/s1. The first kappa shape index (κ1) is 11.3. The van der Waals surface area contributed by atoms with Crippen molar-refractivity contribution in [2.45, 2.75) is 18.9 Å². The minimum atomic E-state index is -0.524. The zero-order valence-corrected chi connectivity index (χ0v) is 10.4. The molecule has 0 heterocycles. The molecule has 0 amide bonds. The molecule has 0 spiro atoms. The van der Waals surface area contributed by atoms with Crippen LogP contribution in [0.3, 0.4) is 0 Å². The Bertz CT molecular complexity index is 575. The van der Waals surface area contributed by atoms with E-state index in [9.17, 15) is 5.11 Å². The largest absolute Gasteiger partial charge is 0.497 e. The lowest BCUT2D eigenvalue weighted by atomic mass is 9.97. The lowest BCUT2D eigenvalue weighted by Gasteiger charge is -2.14. The number of methoxy groups -OCH3 is 1. The summed E-state index contributed by atoms with van der Waals surface area (Å²) in [7, 11) is 1.67. The highest BCUT2D eigenvalue weighted by Crippen LogP contribution is 2.33. The van der Waals surface area contributed by atoms with Crippen molar-refractivity contribution in [2.75, 3.05) is 7.11 Å². The van der Waals surface area contributed by atoms with E-state index in [1.54, 1.807) is 7.11 Å². The molecule has 1 aliphatic rings. The average molecular weight is 240 g/mol. The maximum Gasteiger partial charge on any atom is 0.119 e. The maximum atomic E-state index is 10.5. The molecule has 0 aliphatic heterocycles. The van der Waals surface area contributed by atoms with Gasteiger partial charge in [-0.2, -0.15) is 0 Å². The van der Waals surface area contributed by atoms with Crippen molar-refractivity contribution in [3.63, 3.8) is 0 Å². The summed E-state index contributed by atoms with van der Waals surface area (Å²) in [5, 5.41) is 10.5. The Hall–Kier alpha value is -1.80. The molecule has 3 rings (SSSR count). The Labute approximate surface area is 107 Å². The third-order valence-corrected chi connectivity index (χ3v) is 3.66. The zero-order chi connectivity index (χ0) is 12.5. The van der Waals surface area contributed by atoms with E-state index >= 15 is 0 Å². The van der Waals surface area contributed by atoms with Crippen LogP contribution in [0.15, 0.2) is 42.5 Å². The highest BCUT2D eigenvalue weighted by Gasteiger charge is 2.21. The molecular weight excluding hydrogens is 224 g/mol. The highest BCUT2D eigenvalue weighted by molar-refractivity contribution is 5.45. The number of ether oxygens (including phenoxy) is 1. The van der Waals surface area contributed by atoms with Crippen molar-refractivity contribution in [3.8, 4) is 5.75 Å². The fourth-order valence-corrected chi connectivity index (χ4v) is 2.66. The minimum Gasteiger partial charge on any atom is -0.497 e. The monoisotopic (exact) mass is 240 g/mol. The van der Waals surface area contributed by atoms with Crippen molar-refractivity contribution >= 4 is 0 Å². The Kier molecular flexibility index (Phi) is 2.80. The Morgan fingerprint density at radius 2 is 1.72 bits per heavy atom. The Morgan fingerprint density at radius 3 is 2.56 bits per heavy atom. The molecule has 18 heavy (non-hydrogen) atoms. The second kappa shape index (κ2) is 4.46. The fraction of sp³-hybridized carbons (Fsp3) is 0.250. The molecule has 1 aliphatic carbocycles. The van der Waals surface area contributed by atoms with E-state index in [2.05, 4.69) is 6.07 Å². The van der Waals surface area contributed by atoms with Gasteiger partial charge in [-0.1, -0.05) is 30.3 Å². The molecule has 0 bridgehead atoms. The molecule has 0 fully saturated rings. The number of fused-ring (bicyclic) bond motifs is 2. The number of aryl methyl sites for hydroxylation is 2. The molecule has 2 aromatic rings. The van der Waals surface area contributed by atoms with E-state index < -0.39 is 6.10 Å². The number of hydrogen-bond acceptors (Lipinski definition) is 2. The van der Waals surface area contributed by atoms with Crippen LogP contribution in [-0.4, -0.2) is 12.2 Å². The molecule has 2 heteroatoms. The van der Waals surface area contributed by atoms with E-state index in [1.807, 2.05) is 36.4 Å². The normalized spacial score (nSPS) is 17.6. The van der Waals surface area contributed by atoms with Gasteiger partial charge < -0.3 is 9.84 Å². The predicted octanol–water partition coefficient (Wildman–Crippen LogP) is 2.88. The van der Waals surface area contributed by atoms with Gasteiger partial charge >= 0.3 is 0 Å². The first-order valence-corrected chi connectivity index (χ1v) is 6.22. The van der Waals surface area contributed by atoms with E-state index in [4.69, 9.17) is 4.74 Å². The van der Waals surface area contributed by atoms with Gasteiger partial charge in [-0.25, -0.2) is 0 Å². The maximum absolute atomic E-state index is 10.5. The molecule has 1 N–H and O–H groups in total. The number of hydrogen-bond donors (Lipinski definition) is 1. The molecule has 0 saturated heterocycles. The first-order valence-electron chi connectivity index (χ1n) is 6.22. The minimum absolute atomic E-state index is 0.524. The fourth-order valence-electron chi connectivity index (χ4n) is 2.66. The molecule has 2 aromatic carbocycles. The number of benzene rings is 2. The van der Waals surface area contributed by atoms with Crippen LogP contribution in [0.4, 0.5) is 0 Å². The van der Waals surface area contributed by atoms with Crippen molar-refractivity contribution in [1.29, 1.82) is 0 Å². The summed E-state index contributed by atoms with van der Waals surface area (Å²) in [6.45, 7) is 0. The van der Waals surface area contributed by atoms with Gasteiger partial charge in [0.15, 0.2) is 0 Å². The summed E-state index contributed by atoms with van der Waals surface area (Å²) in [6.07, 6.45) is 1.39. The molecule has 2 nitrogen and oxygen atoms in total. The van der Waals surface area contributed by atoms with Gasteiger partial charge in [0.05, 0.1) is 7.11 Å². The summed E-state index contributed by atoms with van der Waals surface area (Å²) < 4.78 is 5.25. The topological polar surface area (TPSA) is 29.5 Å². The van der Waals surface area contributed by atoms with Crippen LogP contribution in [0.25, 0.3) is 0 Å². The van der Waals surface area contributed by atoms with Crippen LogP contribution >= 0.6 is 0 Å². The molecule has 1 atom stereocenters. The number of aliphatic hydroxyl groups excluding tert-OH is 1. The van der Waals surface area contributed by atoms with Crippen LogP contribution in [0.5, 0.6) is 5.75 Å². The lowest BCUT2D eigenvalue weighted by Crippen LogP contribution is -2.02. The molecule has 0 saturated carbocycles. The molecule has 0 aromatic heterocycles. The molecular formula is C16H16O2. The Balaban J connectivity index is 2.11. The summed E-state index contributed by atoms with van der Waals surface area (Å²) in [6, 6.07) is 14.0. The van der Waals surface area contributed by atoms with E-state index in [1.165, 1.54) is 11.1 Å². The summed E-state index contributed by atoms with van der Waals surface area (Å²) in [5.74, 6) is 0.854. The van der Waals surface area contributed by atoms with Crippen LogP contribution < -0.4 is 4.74 Å². The SMILES string of the molecule is COc1ccc2c(c1)CCc1ccccc1[C@H]2O. The second-order valence-electron chi connectivity index (χ2n) is 4.67. The second-order valence-corrected chi connectivity index (χ2v) is 4.67. The van der Waals surface area contributed by atoms with Crippen LogP contribution in [0.2, 0.25) is 0 Å². The van der Waals surface area contributed by atoms with Gasteiger partial charge in [0.25, 0.3) is 0 Å². The van der Waals surface area contributed by atoms with Gasteiger partial charge in [-0.05, 0) is 47.2 Å². The van der Waals surface area contributed by atoms with Crippen molar-refractivity contribution < 1.29 is 9.84 Å². The highest BCUT2D eigenvalue weighted by atomic mass is 16.5. The van der Waals surface area contributed by atoms with Crippen LogP contribution in [0.1, 0.15) is 28.4 Å². The van der Waals surface area contributed by atoms with Crippen LogP contribution in [0, 0.1) is 0 Å². The molecule has 0 unspecified atom stereocenters. The number of aliphatic hydroxyl groups is 1. The predicted molar refractivity (Wildman–Crippen MR) is 70.9 cm³/mol.